The van der Waals surface area contributed by atoms with Gasteiger partial charge >= 0.3 is 0 Å². The van der Waals surface area contributed by atoms with E-state index in [1.165, 1.54) is 37.0 Å². The van der Waals surface area contributed by atoms with Crippen molar-refractivity contribution in [3.8, 4) is 28.3 Å². The molecular weight excluding hydrogens is 568 g/mol. The van der Waals surface area contributed by atoms with E-state index in [2.05, 4.69) is 48.3 Å². The van der Waals surface area contributed by atoms with E-state index in [1.54, 1.807) is 7.05 Å². The Kier molecular flexibility index (Phi) is 11.7. The van der Waals surface area contributed by atoms with E-state index in [9.17, 15) is 9.59 Å². The van der Waals surface area contributed by atoms with Crippen LogP contribution in [0.3, 0.4) is 0 Å². The first kappa shape index (κ1) is 32.9. The third kappa shape index (κ3) is 9.23. The molecule has 4 aromatic rings. The molecule has 232 valence electrons. The summed E-state index contributed by atoms with van der Waals surface area (Å²) in [7, 11) is 1.58. The second-order valence-corrected chi connectivity index (χ2v) is 13.1. The summed E-state index contributed by atoms with van der Waals surface area (Å²) in [5.74, 6) is 1.01. The van der Waals surface area contributed by atoms with Crippen molar-refractivity contribution in [3.05, 3.63) is 88.4 Å². The summed E-state index contributed by atoms with van der Waals surface area (Å²) in [6.45, 7) is 9.31. The van der Waals surface area contributed by atoms with Gasteiger partial charge in [-0.3, -0.25) is 9.59 Å². The molecule has 0 saturated heterocycles. The van der Waals surface area contributed by atoms with Crippen molar-refractivity contribution in [2.24, 2.45) is 0 Å². The maximum atomic E-state index is 13.0. The Bertz CT molecular complexity index is 1490. The van der Waals surface area contributed by atoms with Crippen molar-refractivity contribution in [1.29, 1.82) is 0 Å². The molecule has 2 amide bonds. The molecule has 2 heterocycles. The molecule has 2 aromatic heterocycles. The van der Waals surface area contributed by atoms with Gasteiger partial charge in [-0.1, -0.05) is 89.8 Å². The van der Waals surface area contributed by atoms with Crippen LogP contribution in [-0.4, -0.2) is 41.5 Å². The number of amides is 2. The highest BCUT2D eigenvalue weighted by molar-refractivity contribution is 7.14. The second kappa shape index (κ2) is 15.6. The molecular formula is C36H44N4O3S. The first-order chi connectivity index (χ1) is 21.2. The molecule has 0 spiro atoms. The van der Waals surface area contributed by atoms with Crippen LogP contribution >= 0.6 is 11.3 Å². The van der Waals surface area contributed by atoms with E-state index in [1.807, 2.05) is 73.1 Å². The monoisotopic (exact) mass is 612 g/mol. The number of carbonyl (C=O) groups excluding carboxylic acids is 2. The van der Waals surface area contributed by atoms with Crippen LogP contribution in [0.25, 0.3) is 22.5 Å². The number of carbonyl (C=O) groups is 2. The van der Waals surface area contributed by atoms with Crippen LogP contribution in [0.15, 0.2) is 73.1 Å². The molecule has 4 rings (SSSR count). The van der Waals surface area contributed by atoms with Gasteiger partial charge in [0.15, 0.2) is 5.82 Å². The van der Waals surface area contributed by atoms with Crippen LogP contribution in [-0.2, 0) is 16.6 Å². The van der Waals surface area contributed by atoms with Gasteiger partial charge in [0.1, 0.15) is 11.8 Å². The number of nitrogens with one attached hydrogen (secondary N) is 2. The van der Waals surface area contributed by atoms with Gasteiger partial charge in [-0.25, -0.2) is 9.97 Å². The van der Waals surface area contributed by atoms with Crippen LogP contribution in [0.2, 0.25) is 0 Å². The number of likely N-dealkylation sites (N-methyl/N-ethyl adjacent to an activating group) is 1. The van der Waals surface area contributed by atoms with Crippen LogP contribution in [0, 0.1) is 0 Å². The maximum absolute atomic E-state index is 13.0. The molecule has 2 N–H and O–H groups in total. The van der Waals surface area contributed by atoms with Gasteiger partial charge in [-0.15, -0.1) is 11.3 Å². The fourth-order valence-electron chi connectivity index (χ4n) is 4.77. The number of hydrogen-bond donors (Lipinski definition) is 2. The Morgan fingerprint density at radius 3 is 2.11 bits per heavy atom. The molecule has 0 aliphatic rings. The minimum absolute atomic E-state index is 0.0388. The Labute approximate surface area is 265 Å². The highest BCUT2D eigenvalue weighted by atomic mass is 32.1. The molecule has 8 heteroatoms. The van der Waals surface area contributed by atoms with Gasteiger partial charge < -0.3 is 15.4 Å². The first-order valence-electron chi connectivity index (χ1n) is 15.4. The van der Waals surface area contributed by atoms with Crippen LogP contribution in [0.5, 0.6) is 5.75 Å². The standard InChI is InChI=1S/C36H44N4O3S/c1-6-7-8-9-10-21-43-29-17-15-26(16-18-29)28-23-38-33(39-24-28)27-13-11-25(12-14-27)22-30(34(41)37-5)40-35(42)31-19-20-32(44-31)36(2,3)4/h11-20,23-24,30H,6-10,21-22H2,1-5H3,(H,37,41)(H,40,42)/t30-/m0/s1. The second-order valence-electron chi connectivity index (χ2n) is 12.0. The van der Waals surface area contributed by atoms with Gasteiger partial charge in [0.2, 0.25) is 5.91 Å². The number of ether oxygens (including phenoxy) is 1. The van der Waals surface area contributed by atoms with Crippen LogP contribution < -0.4 is 15.4 Å². The average molecular weight is 613 g/mol. The van der Waals surface area contributed by atoms with Gasteiger partial charge in [0.25, 0.3) is 5.91 Å². The average Bonchev–Trinajstić information content (AvgIpc) is 3.55. The predicted molar refractivity (Wildman–Crippen MR) is 179 cm³/mol. The molecule has 0 bridgehead atoms. The Morgan fingerprint density at radius 2 is 1.50 bits per heavy atom. The summed E-state index contributed by atoms with van der Waals surface area (Å²) < 4.78 is 5.88. The SMILES string of the molecule is CCCCCCCOc1ccc(-c2cnc(-c3ccc(C[C@H](NC(=O)c4ccc(C(C)(C)C)s4)C(=O)NC)cc3)nc2)cc1. The van der Waals surface area contributed by atoms with Crippen molar-refractivity contribution in [3.63, 3.8) is 0 Å². The Hall–Kier alpha value is -4.04. The first-order valence-corrected chi connectivity index (χ1v) is 16.3. The number of benzene rings is 2. The van der Waals surface area contributed by atoms with E-state index < -0.39 is 6.04 Å². The topological polar surface area (TPSA) is 93.2 Å². The molecule has 1 atom stereocenters. The maximum Gasteiger partial charge on any atom is 0.262 e. The number of thiophene rings is 1. The Morgan fingerprint density at radius 1 is 0.841 bits per heavy atom. The summed E-state index contributed by atoms with van der Waals surface area (Å²) >= 11 is 1.46. The van der Waals surface area contributed by atoms with Gasteiger partial charge in [0, 0.05) is 41.9 Å². The summed E-state index contributed by atoms with van der Waals surface area (Å²) in [5, 5.41) is 5.59. The summed E-state index contributed by atoms with van der Waals surface area (Å²) in [5.41, 5.74) is 3.71. The minimum Gasteiger partial charge on any atom is -0.494 e. The molecule has 0 radical (unpaired) electrons. The molecule has 0 fully saturated rings. The van der Waals surface area contributed by atoms with Crippen molar-refractivity contribution in [2.75, 3.05) is 13.7 Å². The van der Waals surface area contributed by atoms with Crippen molar-refractivity contribution in [1.82, 2.24) is 20.6 Å². The van der Waals surface area contributed by atoms with Gasteiger partial charge in [-0.05, 0) is 47.2 Å². The highest BCUT2D eigenvalue weighted by Crippen LogP contribution is 2.29. The summed E-state index contributed by atoms with van der Waals surface area (Å²) in [6, 6.07) is 18.9. The Balaban J connectivity index is 1.34. The number of aromatic nitrogens is 2. The number of rotatable bonds is 14. The van der Waals surface area contributed by atoms with E-state index >= 15 is 0 Å². The predicted octanol–water partition coefficient (Wildman–Crippen LogP) is 7.61. The molecule has 0 unspecified atom stereocenters. The summed E-state index contributed by atoms with van der Waals surface area (Å²) in [6.07, 6.45) is 10.1. The van der Waals surface area contributed by atoms with E-state index in [4.69, 9.17) is 4.74 Å². The van der Waals surface area contributed by atoms with Crippen molar-refractivity contribution in [2.45, 2.75) is 77.7 Å². The summed E-state index contributed by atoms with van der Waals surface area (Å²) in [4.78, 5) is 36.5. The number of unbranched alkanes of at least 4 members (excludes halogenated alkanes) is 4. The largest absolute Gasteiger partial charge is 0.494 e. The van der Waals surface area contributed by atoms with Gasteiger partial charge in [-0.2, -0.15) is 0 Å². The normalized spacial score (nSPS) is 12.0. The van der Waals surface area contributed by atoms with E-state index in [-0.39, 0.29) is 17.2 Å². The van der Waals surface area contributed by atoms with Gasteiger partial charge in [0.05, 0.1) is 11.5 Å². The lowest BCUT2D eigenvalue weighted by atomic mass is 9.95. The third-order valence-electron chi connectivity index (χ3n) is 7.45. The lowest BCUT2D eigenvalue weighted by molar-refractivity contribution is -0.122. The van der Waals surface area contributed by atoms with Crippen LogP contribution in [0.4, 0.5) is 0 Å². The zero-order valence-corrected chi connectivity index (χ0v) is 27.3. The van der Waals surface area contributed by atoms with E-state index in [0.717, 1.165) is 45.9 Å². The number of hydrogen-bond acceptors (Lipinski definition) is 6. The lowest BCUT2D eigenvalue weighted by Gasteiger charge is -2.18. The molecule has 0 aliphatic heterocycles. The molecule has 0 saturated carbocycles. The van der Waals surface area contributed by atoms with Crippen molar-refractivity contribution >= 4 is 23.2 Å². The zero-order chi connectivity index (χ0) is 31.5. The quantitative estimate of drug-likeness (QED) is 0.143. The lowest BCUT2D eigenvalue weighted by Crippen LogP contribution is -2.46. The number of nitrogens with zero attached hydrogens (tertiary/aromatic N) is 2. The highest BCUT2D eigenvalue weighted by Gasteiger charge is 2.24. The zero-order valence-electron chi connectivity index (χ0n) is 26.5. The minimum atomic E-state index is -0.698. The van der Waals surface area contributed by atoms with Crippen LogP contribution in [0.1, 0.15) is 79.9 Å². The smallest absolute Gasteiger partial charge is 0.262 e. The molecule has 0 aliphatic carbocycles. The molecule has 44 heavy (non-hydrogen) atoms. The fraction of sp³-hybridized carbons (Fsp3) is 0.389. The van der Waals surface area contributed by atoms with Crippen molar-refractivity contribution < 1.29 is 14.3 Å². The fourth-order valence-corrected chi connectivity index (χ4v) is 5.73. The molecule has 7 nitrogen and oxygen atoms in total. The molecule has 2 aromatic carbocycles. The third-order valence-corrected chi connectivity index (χ3v) is 8.96. The van der Waals surface area contributed by atoms with E-state index in [0.29, 0.717) is 17.1 Å².